The van der Waals surface area contributed by atoms with Gasteiger partial charge in [-0.3, -0.25) is 15.3 Å². The van der Waals surface area contributed by atoms with Crippen molar-refractivity contribution >= 4 is 23.9 Å². The Balaban J connectivity index is 1.82. The van der Waals surface area contributed by atoms with Crippen molar-refractivity contribution in [3.63, 3.8) is 0 Å². The Morgan fingerprint density at radius 2 is 1.66 bits per heavy atom. The first-order chi connectivity index (χ1) is 13.9. The normalized spacial score (nSPS) is 11.1. The van der Waals surface area contributed by atoms with Gasteiger partial charge in [-0.25, -0.2) is 9.59 Å². The van der Waals surface area contributed by atoms with Gasteiger partial charge < -0.3 is 20.1 Å². The number of ether oxygens (including phenoxy) is 2. The van der Waals surface area contributed by atoms with Crippen LogP contribution in [0, 0.1) is 0 Å². The molecule has 3 N–H and O–H groups in total. The fourth-order valence-electron chi connectivity index (χ4n) is 2.36. The Morgan fingerprint density at radius 1 is 1.00 bits per heavy atom. The maximum absolute atomic E-state index is 12.0. The molecule has 0 bridgehead atoms. The molecule has 9 nitrogen and oxygen atoms in total. The average Bonchev–Trinajstić information content (AvgIpc) is 2.72. The first-order valence-corrected chi connectivity index (χ1v) is 8.62. The second-order valence-electron chi connectivity index (χ2n) is 5.93. The molecule has 1 radical (unpaired) electrons. The first-order valence-electron chi connectivity index (χ1n) is 8.62. The molecule has 2 aromatic rings. The van der Waals surface area contributed by atoms with Gasteiger partial charge in [0.05, 0.1) is 12.7 Å². The predicted molar refractivity (Wildman–Crippen MR) is 102 cm³/mol. The van der Waals surface area contributed by atoms with Gasteiger partial charge in [0, 0.05) is 6.42 Å². The molecule has 2 rings (SSSR count). The van der Waals surface area contributed by atoms with E-state index < -0.39 is 36.5 Å². The lowest BCUT2D eigenvalue weighted by Crippen LogP contribution is -2.47. The Morgan fingerprint density at radius 3 is 2.24 bits per heavy atom. The van der Waals surface area contributed by atoms with Crippen molar-refractivity contribution in [2.75, 3.05) is 13.7 Å². The van der Waals surface area contributed by atoms with Crippen LogP contribution in [0.25, 0.3) is 0 Å². The van der Waals surface area contributed by atoms with Crippen molar-refractivity contribution in [3.8, 4) is 5.75 Å². The van der Waals surface area contributed by atoms with Gasteiger partial charge in [0.2, 0.25) is 5.91 Å². The molecule has 29 heavy (non-hydrogen) atoms. The highest BCUT2D eigenvalue weighted by Crippen LogP contribution is 2.12. The van der Waals surface area contributed by atoms with Crippen LogP contribution in [0.2, 0.25) is 0 Å². The summed E-state index contributed by atoms with van der Waals surface area (Å²) in [4.78, 5) is 46.9. The smallest absolute Gasteiger partial charge is 0.415 e. The van der Waals surface area contributed by atoms with Crippen LogP contribution in [0.5, 0.6) is 5.75 Å². The molecule has 0 heterocycles. The monoisotopic (exact) mass is 398 g/mol. The van der Waals surface area contributed by atoms with Crippen molar-refractivity contribution in [1.82, 2.24) is 16.4 Å². The molecule has 9 heteroatoms. The predicted octanol–water partition coefficient (Wildman–Crippen LogP) is 1.10. The molecule has 0 saturated carbocycles. The van der Waals surface area contributed by atoms with Crippen LogP contribution < -0.4 is 21.1 Å². The Kier molecular flexibility index (Phi) is 7.72. The largest absolute Gasteiger partial charge is 0.497 e. The van der Waals surface area contributed by atoms with Gasteiger partial charge in [0.25, 0.3) is 5.91 Å². The standard InChI is InChI=1S/C20H20N3O6/c1-28-15-9-7-13(8-10-15)11-16(18(21)25)23-17(24)12-22-20(27)29-19(26)14-5-3-2-4-6-14/h2-10,16,21H,11-12H2,1H3,(H,22,27)(H,23,24). The van der Waals surface area contributed by atoms with Crippen LogP contribution in [0.3, 0.4) is 0 Å². The first kappa shape index (κ1) is 21.4. The summed E-state index contributed by atoms with van der Waals surface area (Å²) in [5, 5.41) is 4.49. The van der Waals surface area contributed by atoms with Crippen LogP contribution in [-0.4, -0.2) is 43.6 Å². The third-order valence-corrected chi connectivity index (χ3v) is 3.84. The minimum absolute atomic E-state index is 0.106. The van der Waals surface area contributed by atoms with E-state index >= 15 is 0 Å². The molecular weight excluding hydrogens is 378 g/mol. The molecule has 0 saturated heterocycles. The summed E-state index contributed by atoms with van der Waals surface area (Å²) in [5.74, 6) is -1.90. The average molecular weight is 398 g/mol. The maximum Gasteiger partial charge on any atom is 0.415 e. The third-order valence-electron chi connectivity index (χ3n) is 3.84. The van der Waals surface area contributed by atoms with E-state index in [1.807, 2.05) is 0 Å². The number of nitrogens with one attached hydrogen (secondary N) is 3. The fourth-order valence-corrected chi connectivity index (χ4v) is 2.36. The Hall–Kier alpha value is -3.88. The summed E-state index contributed by atoms with van der Waals surface area (Å²) in [6.45, 7) is -0.521. The van der Waals surface area contributed by atoms with Crippen LogP contribution >= 0.6 is 0 Å². The number of carbonyl (C=O) groups is 4. The zero-order valence-electron chi connectivity index (χ0n) is 15.6. The lowest BCUT2D eigenvalue weighted by atomic mass is 10.1. The molecule has 0 aromatic heterocycles. The minimum atomic E-state index is -1.10. The molecule has 0 aliphatic rings. The zero-order valence-corrected chi connectivity index (χ0v) is 15.6. The van der Waals surface area contributed by atoms with E-state index in [9.17, 15) is 19.2 Å². The van der Waals surface area contributed by atoms with E-state index in [0.29, 0.717) is 5.75 Å². The third kappa shape index (κ3) is 6.98. The minimum Gasteiger partial charge on any atom is -0.497 e. The molecule has 0 aliphatic carbocycles. The Labute approximate surface area is 167 Å². The van der Waals surface area contributed by atoms with Gasteiger partial charge in [0.15, 0.2) is 0 Å². The molecule has 3 amide bonds. The van der Waals surface area contributed by atoms with Gasteiger partial charge in [-0.15, -0.1) is 0 Å². The van der Waals surface area contributed by atoms with Gasteiger partial charge >= 0.3 is 12.1 Å². The van der Waals surface area contributed by atoms with Crippen molar-refractivity contribution in [2.24, 2.45) is 0 Å². The number of amides is 3. The van der Waals surface area contributed by atoms with E-state index in [2.05, 4.69) is 15.4 Å². The Bertz CT molecular complexity index is 868. The van der Waals surface area contributed by atoms with Crippen LogP contribution in [0.4, 0.5) is 4.79 Å². The molecule has 1 unspecified atom stereocenters. The summed E-state index contributed by atoms with van der Waals surface area (Å²) < 4.78 is 9.62. The molecule has 1 atom stereocenters. The maximum atomic E-state index is 12.0. The van der Waals surface area contributed by atoms with Crippen molar-refractivity contribution in [2.45, 2.75) is 12.5 Å². The molecule has 0 fully saturated rings. The highest BCUT2D eigenvalue weighted by Gasteiger charge is 2.20. The molecule has 0 aliphatic heterocycles. The number of hydrogen-bond donors (Lipinski definition) is 2. The van der Waals surface area contributed by atoms with Crippen LogP contribution in [0.15, 0.2) is 54.6 Å². The number of rotatable bonds is 8. The number of hydrogen-bond acceptors (Lipinski definition) is 6. The van der Waals surface area contributed by atoms with Gasteiger partial charge in [0.1, 0.15) is 18.3 Å². The summed E-state index contributed by atoms with van der Waals surface area (Å²) in [6.07, 6.45) is -0.993. The van der Waals surface area contributed by atoms with Crippen molar-refractivity contribution in [1.29, 1.82) is 0 Å². The van der Waals surface area contributed by atoms with Gasteiger partial charge in [-0.1, -0.05) is 30.3 Å². The number of alkyl carbamates (subject to hydrolysis) is 1. The second-order valence-corrected chi connectivity index (χ2v) is 5.93. The number of carbonyl (C=O) groups excluding carboxylic acids is 4. The van der Waals surface area contributed by atoms with E-state index in [-0.39, 0.29) is 12.0 Å². The van der Waals surface area contributed by atoms with E-state index in [4.69, 9.17) is 10.5 Å². The van der Waals surface area contributed by atoms with E-state index in [1.54, 1.807) is 42.5 Å². The quantitative estimate of drug-likeness (QED) is 0.505. The molecule has 151 valence electrons. The van der Waals surface area contributed by atoms with Gasteiger partial charge in [-0.2, -0.15) is 0 Å². The van der Waals surface area contributed by atoms with Crippen LogP contribution in [-0.2, 0) is 20.7 Å². The number of benzene rings is 2. The van der Waals surface area contributed by atoms with Gasteiger partial charge in [-0.05, 0) is 29.8 Å². The van der Waals surface area contributed by atoms with Crippen molar-refractivity contribution in [3.05, 3.63) is 65.7 Å². The van der Waals surface area contributed by atoms with E-state index in [0.717, 1.165) is 5.56 Å². The highest BCUT2D eigenvalue weighted by atomic mass is 16.6. The van der Waals surface area contributed by atoms with Crippen molar-refractivity contribution < 1.29 is 28.7 Å². The van der Waals surface area contributed by atoms with E-state index in [1.165, 1.54) is 19.2 Å². The highest BCUT2D eigenvalue weighted by molar-refractivity contribution is 5.97. The number of esters is 1. The zero-order chi connectivity index (χ0) is 21.2. The fraction of sp³-hybridized carbons (Fsp3) is 0.200. The molecular formula is C20H20N3O6. The topological polar surface area (TPSA) is 135 Å². The summed E-state index contributed by atoms with van der Waals surface area (Å²) in [5.41, 5.74) is 8.23. The summed E-state index contributed by atoms with van der Waals surface area (Å²) in [6, 6.07) is 13.6. The summed E-state index contributed by atoms with van der Waals surface area (Å²) in [7, 11) is 1.52. The number of methoxy groups -OCH3 is 1. The van der Waals surface area contributed by atoms with Crippen LogP contribution in [0.1, 0.15) is 15.9 Å². The lowest BCUT2D eigenvalue weighted by molar-refractivity contribution is -0.127. The molecule has 0 spiro atoms. The SMILES string of the molecule is COc1ccc(CC(NC(=O)CNC(=O)OC(=O)c2ccccc2)C([NH])=O)cc1. The summed E-state index contributed by atoms with van der Waals surface area (Å²) >= 11 is 0. The molecule has 2 aromatic carbocycles. The second kappa shape index (κ2) is 10.5. The lowest BCUT2D eigenvalue weighted by Gasteiger charge is -2.15.